The number of benzene rings is 1. The highest BCUT2D eigenvalue weighted by atomic mass is 35.5. The molecule has 0 saturated heterocycles. The standard InChI is InChI=1S/C17H14ClN3O2S/c18-10-3-1-4-11(7-10)20-14(22)8-21-9-19-16-15(17(21)23)12-5-2-6-13(12)24-16/h1,3-4,7,9H,2,5-6,8H2,(H,20,22). The smallest absolute Gasteiger partial charge is 0.262 e. The van der Waals surface area contributed by atoms with E-state index in [2.05, 4.69) is 10.3 Å². The summed E-state index contributed by atoms with van der Waals surface area (Å²) in [5.74, 6) is -0.285. The molecule has 122 valence electrons. The lowest BCUT2D eigenvalue weighted by molar-refractivity contribution is -0.116. The van der Waals surface area contributed by atoms with Gasteiger partial charge in [-0.1, -0.05) is 17.7 Å². The molecule has 0 atom stereocenters. The molecule has 2 heterocycles. The van der Waals surface area contributed by atoms with Crippen molar-refractivity contribution in [2.45, 2.75) is 25.8 Å². The lowest BCUT2D eigenvalue weighted by Crippen LogP contribution is -2.28. The first-order chi connectivity index (χ1) is 11.6. The maximum absolute atomic E-state index is 12.7. The second-order valence-corrected chi connectivity index (χ2v) is 7.29. The number of nitrogens with zero attached hydrogens (tertiary/aromatic N) is 2. The summed E-state index contributed by atoms with van der Waals surface area (Å²) in [6.45, 7) is -0.0705. The van der Waals surface area contributed by atoms with Gasteiger partial charge >= 0.3 is 0 Å². The Morgan fingerprint density at radius 3 is 3.08 bits per heavy atom. The molecule has 1 aliphatic rings. The highest BCUT2D eigenvalue weighted by molar-refractivity contribution is 7.18. The Labute approximate surface area is 146 Å². The van der Waals surface area contributed by atoms with E-state index in [9.17, 15) is 9.59 Å². The van der Waals surface area contributed by atoms with Gasteiger partial charge in [0.1, 0.15) is 11.4 Å². The van der Waals surface area contributed by atoms with Gasteiger partial charge in [-0.3, -0.25) is 14.2 Å². The van der Waals surface area contributed by atoms with E-state index in [1.807, 2.05) is 0 Å². The van der Waals surface area contributed by atoms with E-state index in [0.717, 1.165) is 29.7 Å². The van der Waals surface area contributed by atoms with Crippen molar-refractivity contribution >= 4 is 44.7 Å². The van der Waals surface area contributed by atoms with E-state index in [-0.39, 0.29) is 18.0 Å². The minimum absolute atomic E-state index is 0.0705. The van der Waals surface area contributed by atoms with Crippen molar-refractivity contribution in [2.75, 3.05) is 5.32 Å². The zero-order chi connectivity index (χ0) is 16.7. The third kappa shape index (κ3) is 2.72. The molecule has 0 unspecified atom stereocenters. The molecular formula is C17H14ClN3O2S. The third-order valence-electron chi connectivity index (χ3n) is 4.11. The minimum atomic E-state index is -0.285. The molecule has 1 N–H and O–H groups in total. The van der Waals surface area contributed by atoms with Crippen LogP contribution in [-0.4, -0.2) is 15.5 Å². The summed E-state index contributed by atoms with van der Waals surface area (Å²) in [6.07, 6.45) is 4.48. The maximum atomic E-state index is 12.7. The van der Waals surface area contributed by atoms with Crippen molar-refractivity contribution < 1.29 is 4.79 Å². The molecule has 0 fully saturated rings. The predicted octanol–water partition coefficient (Wildman–Crippen LogP) is 3.24. The van der Waals surface area contributed by atoms with Crippen LogP contribution in [0.15, 0.2) is 35.4 Å². The van der Waals surface area contributed by atoms with Crippen LogP contribution in [0.5, 0.6) is 0 Å². The van der Waals surface area contributed by atoms with E-state index in [0.29, 0.717) is 16.1 Å². The van der Waals surface area contributed by atoms with Crippen LogP contribution in [0.2, 0.25) is 5.02 Å². The average molecular weight is 360 g/mol. The molecule has 7 heteroatoms. The van der Waals surface area contributed by atoms with Crippen molar-refractivity contribution in [3.05, 3.63) is 56.4 Å². The van der Waals surface area contributed by atoms with Crippen LogP contribution in [0.3, 0.4) is 0 Å². The number of carbonyl (C=O) groups is 1. The van der Waals surface area contributed by atoms with Crippen molar-refractivity contribution in [1.82, 2.24) is 9.55 Å². The van der Waals surface area contributed by atoms with E-state index < -0.39 is 0 Å². The molecule has 2 aromatic heterocycles. The normalized spacial score (nSPS) is 13.2. The van der Waals surface area contributed by atoms with E-state index >= 15 is 0 Å². The number of rotatable bonds is 3. The quantitative estimate of drug-likeness (QED) is 0.780. The Hall–Kier alpha value is -2.18. The highest BCUT2D eigenvalue weighted by Crippen LogP contribution is 2.34. The number of hydrogen-bond acceptors (Lipinski definition) is 4. The molecule has 0 saturated carbocycles. The minimum Gasteiger partial charge on any atom is -0.324 e. The van der Waals surface area contributed by atoms with Crippen LogP contribution < -0.4 is 10.9 Å². The molecule has 24 heavy (non-hydrogen) atoms. The average Bonchev–Trinajstić information content (AvgIpc) is 3.10. The monoisotopic (exact) mass is 359 g/mol. The number of aryl methyl sites for hydroxylation is 2. The fourth-order valence-electron chi connectivity index (χ4n) is 3.05. The van der Waals surface area contributed by atoms with E-state index in [1.165, 1.54) is 15.8 Å². The van der Waals surface area contributed by atoms with Crippen LogP contribution in [0, 0.1) is 0 Å². The van der Waals surface area contributed by atoms with Crippen LogP contribution in [0.4, 0.5) is 5.69 Å². The first kappa shape index (κ1) is 15.4. The number of carbonyl (C=O) groups excluding carboxylic acids is 1. The number of halogens is 1. The second-order valence-electron chi connectivity index (χ2n) is 5.77. The number of nitrogens with one attached hydrogen (secondary N) is 1. The summed E-state index contributed by atoms with van der Waals surface area (Å²) in [7, 11) is 0. The molecule has 5 nitrogen and oxygen atoms in total. The molecule has 4 rings (SSSR count). The molecule has 0 radical (unpaired) electrons. The summed E-state index contributed by atoms with van der Waals surface area (Å²) in [6, 6.07) is 6.90. The molecule has 0 aliphatic heterocycles. The van der Waals surface area contributed by atoms with Gasteiger partial charge in [-0.25, -0.2) is 4.98 Å². The largest absolute Gasteiger partial charge is 0.324 e. The molecule has 3 aromatic rings. The number of hydrogen-bond donors (Lipinski definition) is 1. The molecule has 1 aromatic carbocycles. The second kappa shape index (κ2) is 6.03. The van der Waals surface area contributed by atoms with Crippen molar-refractivity contribution in [3.8, 4) is 0 Å². The Morgan fingerprint density at radius 1 is 1.38 bits per heavy atom. The maximum Gasteiger partial charge on any atom is 0.262 e. The predicted molar refractivity (Wildman–Crippen MR) is 96.0 cm³/mol. The zero-order valence-corrected chi connectivity index (χ0v) is 14.3. The number of aromatic nitrogens is 2. The third-order valence-corrected chi connectivity index (χ3v) is 5.55. The fraction of sp³-hybridized carbons (Fsp3) is 0.235. The van der Waals surface area contributed by atoms with Gasteiger partial charge in [0.2, 0.25) is 5.91 Å². The summed E-state index contributed by atoms with van der Waals surface area (Å²) in [5, 5.41) is 3.97. The van der Waals surface area contributed by atoms with Crippen LogP contribution >= 0.6 is 22.9 Å². The van der Waals surface area contributed by atoms with Crippen molar-refractivity contribution in [3.63, 3.8) is 0 Å². The van der Waals surface area contributed by atoms with E-state index in [1.54, 1.807) is 35.6 Å². The van der Waals surface area contributed by atoms with E-state index in [4.69, 9.17) is 11.6 Å². The Bertz CT molecular complexity index is 1010. The molecular weight excluding hydrogens is 346 g/mol. The van der Waals surface area contributed by atoms with Gasteiger partial charge in [-0.2, -0.15) is 0 Å². The van der Waals surface area contributed by atoms with Gasteiger partial charge in [0.25, 0.3) is 5.56 Å². The van der Waals surface area contributed by atoms with Gasteiger partial charge in [-0.05, 0) is 43.0 Å². The summed E-state index contributed by atoms with van der Waals surface area (Å²) in [5.41, 5.74) is 1.59. The summed E-state index contributed by atoms with van der Waals surface area (Å²) >= 11 is 7.50. The zero-order valence-electron chi connectivity index (χ0n) is 12.7. The lowest BCUT2D eigenvalue weighted by Gasteiger charge is -2.07. The number of anilines is 1. The first-order valence-electron chi connectivity index (χ1n) is 7.67. The Balaban J connectivity index is 1.61. The van der Waals surface area contributed by atoms with Crippen LogP contribution in [0.25, 0.3) is 10.2 Å². The molecule has 0 spiro atoms. The lowest BCUT2D eigenvalue weighted by atomic mass is 10.2. The molecule has 1 amide bonds. The van der Waals surface area contributed by atoms with Gasteiger partial charge in [0, 0.05) is 15.6 Å². The topological polar surface area (TPSA) is 64.0 Å². The summed E-state index contributed by atoms with van der Waals surface area (Å²) in [4.78, 5) is 31.3. The van der Waals surface area contributed by atoms with Crippen LogP contribution in [0.1, 0.15) is 16.9 Å². The Morgan fingerprint density at radius 2 is 2.25 bits per heavy atom. The number of amides is 1. The van der Waals surface area contributed by atoms with Gasteiger partial charge in [0.15, 0.2) is 0 Å². The van der Waals surface area contributed by atoms with Crippen molar-refractivity contribution in [1.29, 1.82) is 0 Å². The first-order valence-corrected chi connectivity index (χ1v) is 8.86. The Kier molecular flexibility index (Phi) is 3.86. The number of thiophene rings is 1. The molecule has 1 aliphatic carbocycles. The summed E-state index contributed by atoms with van der Waals surface area (Å²) < 4.78 is 1.37. The SMILES string of the molecule is O=C(Cn1cnc2sc3c(c2c1=O)CCC3)Nc1cccc(Cl)c1. The highest BCUT2D eigenvalue weighted by Gasteiger charge is 2.21. The van der Waals surface area contributed by atoms with Crippen molar-refractivity contribution in [2.24, 2.45) is 0 Å². The van der Waals surface area contributed by atoms with Gasteiger partial charge < -0.3 is 5.32 Å². The number of fused-ring (bicyclic) bond motifs is 3. The fourth-order valence-corrected chi connectivity index (χ4v) is 4.46. The van der Waals surface area contributed by atoms with Crippen LogP contribution in [-0.2, 0) is 24.2 Å². The van der Waals surface area contributed by atoms with Gasteiger partial charge in [0.05, 0.1) is 11.7 Å². The molecule has 0 bridgehead atoms. The van der Waals surface area contributed by atoms with Gasteiger partial charge in [-0.15, -0.1) is 11.3 Å².